The molecule has 52 valence electrons. The highest BCUT2D eigenvalue weighted by Crippen LogP contribution is 1.62. The molecule has 0 aromatic rings. The number of primary amides is 1. The second kappa shape index (κ2) is 5.17. The van der Waals surface area contributed by atoms with Gasteiger partial charge in [-0.05, 0) is 6.20 Å². The van der Waals surface area contributed by atoms with E-state index in [4.69, 9.17) is 5.73 Å². The Morgan fingerprint density at radius 1 is 1.78 bits per heavy atom. The number of amides is 2. The van der Waals surface area contributed by atoms with Crippen LogP contribution in [0.25, 0.3) is 0 Å². The fourth-order valence-electron chi connectivity index (χ4n) is 0.336. The molecule has 0 radical (unpaired) electrons. The summed E-state index contributed by atoms with van der Waals surface area (Å²) in [5.41, 5.74) is 4.78. The van der Waals surface area contributed by atoms with Crippen LogP contribution in [0.4, 0.5) is 4.79 Å². The van der Waals surface area contributed by atoms with Gasteiger partial charge in [-0.2, -0.15) is 0 Å². The molecule has 0 bridgehead atoms. The Morgan fingerprint density at radius 3 is 2.89 bits per heavy atom. The highest BCUT2D eigenvalue weighted by molar-refractivity contribution is 6.05. The maximum Gasteiger partial charge on any atom is 0.312 e. The van der Waals surface area contributed by atoms with Crippen LogP contribution in [0.2, 0.25) is 0 Å². The van der Waals surface area contributed by atoms with Gasteiger partial charge < -0.3 is 16.0 Å². The predicted octanol–water partition coefficient (Wildman–Crippen LogP) is -1.96. The molecule has 2 amide bonds. The van der Waals surface area contributed by atoms with Gasteiger partial charge in [0.2, 0.25) is 0 Å². The first-order valence-electron chi connectivity index (χ1n) is 2.63. The van der Waals surface area contributed by atoms with Crippen molar-refractivity contribution in [2.24, 2.45) is 5.73 Å². The number of hydrogen-bond acceptors (Lipinski definition) is 2. The SMILES string of the molecule is NC(=O)NCC=CN[SiH3]. The third-order valence-electron chi connectivity index (χ3n) is 0.679. The molecule has 0 aliphatic heterocycles. The summed E-state index contributed by atoms with van der Waals surface area (Å²) >= 11 is 0. The number of rotatable bonds is 3. The van der Waals surface area contributed by atoms with E-state index < -0.39 is 6.03 Å². The molecule has 4 nitrogen and oxygen atoms in total. The van der Waals surface area contributed by atoms with Crippen molar-refractivity contribution in [3.8, 4) is 0 Å². The maximum atomic E-state index is 10.0. The van der Waals surface area contributed by atoms with Gasteiger partial charge in [-0.1, -0.05) is 6.08 Å². The summed E-state index contributed by atoms with van der Waals surface area (Å²) in [6.07, 6.45) is 3.57. The normalized spacial score (nSPS) is 9.78. The van der Waals surface area contributed by atoms with Crippen molar-refractivity contribution < 1.29 is 4.79 Å². The fourth-order valence-corrected chi connectivity index (χ4v) is 0.572. The minimum Gasteiger partial charge on any atom is -0.425 e. The molecule has 0 saturated carbocycles. The van der Waals surface area contributed by atoms with E-state index in [1.807, 2.05) is 0 Å². The van der Waals surface area contributed by atoms with Crippen molar-refractivity contribution in [1.82, 2.24) is 10.3 Å². The zero-order valence-electron chi connectivity index (χ0n) is 5.35. The Hall–Kier alpha value is -0.973. The summed E-state index contributed by atoms with van der Waals surface area (Å²) in [4.78, 5) is 12.9. The number of carbonyl (C=O) groups excluding carboxylic acids is 1. The first-order valence-corrected chi connectivity index (χ1v) is 3.63. The summed E-state index contributed by atoms with van der Waals surface area (Å²) < 4.78 is 0. The summed E-state index contributed by atoms with van der Waals surface area (Å²) in [5.74, 6) is 0. The molecule has 0 fully saturated rings. The highest BCUT2D eigenvalue weighted by Gasteiger charge is 1.82. The first kappa shape index (κ1) is 8.03. The number of carbonyl (C=O) groups is 1. The lowest BCUT2D eigenvalue weighted by molar-refractivity contribution is 0.250. The van der Waals surface area contributed by atoms with Gasteiger partial charge in [-0.15, -0.1) is 0 Å². The average Bonchev–Trinajstić information content (AvgIpc) is 1.80. The summed E-state index contributed by atoms with van der Waals surface area (Å²) in [6, 6.07) is -0.493. The summed E-state index contributed by atoms with van der Waals surface area (Å²) in [6.45, 7) is 0.491. The molecule has 0 atom stereocenters. The van der Waals surface area contributed by atoms with Crippen LogP contribution in [0.1, 0.15) is 0 Å². The molecular formula is C4H11N3OSi. The number of nitrogens with one attached hydrogen (secondary N) is 2. The van der Waals surface area contributed by atoms with E-state index in [-0.39, 0.29) is 0 Å². The lowest BCUT2D eigenvalue weighted by Crippen LogP contribution is -2.29. The molecule has 0 unspecified atom stereocenters. The van der Waals surface area contributed by atoms with Gasteiger partial charge in [0.15, 0.2) is 0 Å². The average molecular weight is 145 g/mol. The van der Waals surface area contributed by atoms with E-state index in [2.05, 4.69) is 10.3 Å². The summed E-state index contributed by atoms with van der Waals surface area (Å²) in [5, 5.41) is 2.41. The molecule has 0 aromatic heterocycles. The zero-order chi connectivity index (χ0) is 7.11. The molecule has 5 heteroatoms. The van der Waals surface area contributed by atoms with E-state index in [1.165, 1.54) is 0 Å². The third kappa shape index (κ3) is 7.03. The van der Waals surface area contributed by atoms with Crippen molar-refractivity contribution in [2.45, 2.75) is 0 Å². The van der Waals surface area contributed by atoms with Crippen LogP contribution in [-0.4, -0.2) is 23.0 Å². The molecule has 0 aromatic carbocycles. The lowest BCUT2D eigenvalue weighted by Gasteiger charge is -1.92. The summed E-state index contributed by atoms with van der Waals surface area (Å²) in [7, 11) is 0.921. The van der Waals surface area contributed by atoms with E-state index in [1.54, 1.807) is 12.3 Å². The lowest BCUT2D eigenvalue weighted by atomic mass is 10.6. The van der Waals surface area contributed by atoms with Crippen LogP contribution in [0.15, 0.2) is 12.3 Å². The maximum absolute atomic E-state index is 10.0. The second-order valence-electron chi connectivity index (χ2n) is 1.44. The molecule has 0 aliphatic carbocycles. The van der Waals surface area contributed by atoms with Crippen LogP contribution < -0.4 is 16.0 Å². The Kier molecular flexibility index (Phi) is 4.61. The topological polar surface area (TPSA) is 67.2 Å². The second-order valence-corrected chi connectivity index (χ2v) is 2.01. The van der Waals surface area contributed by atoms with Crippen molar-refractivity contribution in [1.29, 1.82) is 0 Å². The first-order chi connectivity index (χ1) is 4.27. The van der Waals surface area contributed by atoms with Gasteiger partial charge >= 0.3 is 6.03 Å². The quantitative estimate of drug-likeness (QED) is 0.404. The Morgan fingerprint density at radius 2 is 2.44 bits per heavy atom. The number of urea groups is 1. The van der Waals surface area contributed by atoms with Crippen molar-refractivity contribution >= 4 is 16.4 Å². The molecule has 0 heterocycles. The Balaban J connectivity index is 3.09. The molecule has 9 heavy (non-hydrogen) atoms. The van der Waals surface area contributed by atoms with E-state index in [0.717, 1.165) is 10.4 Å². The van der Waals surface area contributed by atoms with Crippen LogP contribution >= 0.6 is 0 Å². The van der Waals surface area contributed by atoms with Crippen molar-refractivity contribution in [3.05, 3.63) is 12.3 Å². The molecular weight excluding hydrogens is 134 g/mol. The van der Waals surface area contributed by atoms with Gasteiger partial charge in [0.05, 0.1) is 0 Å². The smallest absolute Gasteiger partial charge is 0.312 e. The minimum absolute atomic E-state index is 0.491. The van der Waals surface area contributed by atoms with E-state index in [9.17, 15) is 4.79 Å². The van der Waals surface area contributed by atoms with Crippen LogP contribution in [0, 0.1) is 0 Å². The van der Waals surface area contributed by atoms with Gasteiger partial charge in [0.1, 0.15) is 10.4 Å². The standard InChI is InChI=1S/C4H11N3OSi/c5-4(8)6-2-1-3-7-9/h1,3,7H,2H2,9H3,(H3,5,6,8). The predicted molar refractivity (Wildman–Crippen MR) is 39.8 cm³/mol. The molecule has 0 rings (SSSR count). The van der Waals surface area contributed by atoms with Gasteiger partial charge in [-0.3, -0.25) is 0 Å². The monoisotopic (exact) mass is 145 g/mol. The van der Waals surface area contributed by atoms with Gasteiger partial charge in [0, 0.05) is 6.54 Å². The third-order valence-corrected chi connectivity index (χ3v) is 1.01. The fraction of sp³-hybridized carbons (Fsp3) is 0.250. The van der Waals surface area contributed by atoms with Crippen LogP contribution in [0.3, 0.4) is 0 Å². The number of nitrogens with two attached hydrogens (primary N) is 1. The number of hydrogen-bond donors (Lipinski definition) is 3. The van der Waals surface area contributed by atoms with Crippen molar-refractivity contribution in [2.75, 3.05) is 6.54 Å². The van der Waals surface area contributed by atoms with Crippen molar-refractivity contribution in [3.63, 3.8) is 0 Å². The van der Waals surface area contributed by atoms with Gasteiger partial charge in [-0.25, -0.2) is 4.79 Å². The Labute approximate surface area is 57.0 Å². The zero-order valence-corrected chi connectivity index (χ0v) is 7.35. The highest BCUT2D eigenvalue weighted by atomic mass is 28.2. The van der Waals surface area contributed by atoms with E-state index >= 15 is 0 Å². The molecule has 0 saturated heterocycles. The van der Waals surface area contributed by atoms with Crippen LogP contribution in [0.5, 0.6) is 0 Å². The van der Waals surface area contributed by atoms with Gasteiger partial charge in [0.25, 0.3) is 0 Å². The Bertz CT molecular complexity index is 114. The van der Waals surface area contributed by atoms with Crippen LogP contribution in [-0.2, 0) is 0 Å². The minimum atomic E-state index is -0.493. The van der Waals surface area contributed by atoms with E-state index in [0.29, 0.717) is 6.54 Å². The molecule has 0 spiro atoms. The molecule has 4 N–H and O–H groups in total. The largest absolute Gasteiger partial charge is 0.425 e. The molecule has 0 aliphatic rings.